The molecule has 7 nitrogen and oxygen atoms in total. The summed E-state index contributed by atoms with van der Waals surface area (Å²) >= 11 is 1.30. The standard InChI is InChI=1S/C15H17N5O2S/c1-11-17-18-15(20(11)9-12-5-3-2-4-6-12)23-10-13(21)19-8-7-16-14(19)22/h2-6H,7-10H2,1H3,(H,16,22). The van der Waals surface area contributed by atoms with Crippen LogP contribution in [0.4, 0.5) is 4.79 Å². The fraction of sp³-hybridized carbons (Fsp3) is 0.333. The predicted octanol–water partition coefficient (Wildman–Crippen LogP) is 1.28. The number of urea groups is 1. The lowest BCUT2D eigenvalue weighted by atomic mass is 10.2. The number of aromatic nitrogens is 3. The molecular formula is C15H17N5O2S. The Bertz CT molecular complexity index is 716. The molecule has 2 aromatic rings. The van der Waals surface area contributed by atoms with Crippen LogP contribution < -0.4 is 5.32 Å². The Balaban J connectivity index is 1.66. The number of benzene rings is 1. The number of nitrogens with one attached hydrogen (secondary N) is 1. The van der Waals surface area contributed by atoms with Gasteiger partial charge in [0.1, 0.15) is 5.82 Å². The van der Waals surface area contributed by atoms with E-state index in [1.54, 1.807) is 0 Å². The van der Waals surface area contributed by atoms with Crippen molar-refractivity contribution in [1.82, 2.24) is 25.0 Å². The normalized spacial score (nSPS) is 14.1. The summed E-state index contributed by atoms with van der Waals surface area (Å²) in [6, 6.07) is 9.69. The molecule has 0 spiro atoms. The summed E-state index contributed by atoms with van der Waals surface area (Å²) in [5.74, 6) is 0.750. The number of thioether (sulfide) groups is 1. The number of carbonyl (C=O) groups is 2. The highest BCUT2D eigenvalue weighted by atomic mass is 32.2. The van der Waals surface area contributed by atoms with Crippen LogP contribution in [0.1, 0.15) is 11.4 Å². The van der Waals surface area contributed by atoms with E-state index < -0.39 is 0 Å². The van der Waals surface area contributed by atoms with Crippen molar-refractivity contribution in [1.29, 1.82) is 0 Å². The summed E-state index contributed by atoms with van der Waals surface area (Å²) in [5.41, 5.74) is 1.14. The minimum absolute atomic E-state index is 0.167. The second kappa shape index (κ2) is 6.82. The number of hydrogen-bond donors (Lipinski definition) is 1. The third-order valence-corrected chi connectivity index (χ3v) is 4.52. The highest BCUT2D eigenvalue weighted by molar-refractivity contribution is 7.99. The van der Waals surface area contributed by atoms with Crippen LogP contribution in [0.15, 0.2) is 35.5 Å². The Morgan fingerprint density at radius 2 is 2.09 bits per heavy atom. The highest BCUT2D eigenvalue weighted by Gasteiger charge is 2.26. The quantitative estimate of drug-likeness (QED) is 0.835. The molecule has 1 aliphatic heterocycles. The molecule has 1 aromatic heterocycles. The Morgan fingerprint density at radius 1 is 1.30 bits per heavy atom. The van der Waals surface area contributed by atoms with Gasteiger partial charge in [0.05, 0.1) is 12.3 Å². The first kappa shape index (κ1) is 15.5. The van der Waals surface area contributed by atoms with Crippen molar-refractivity contribution in [3.8, 4) is 0 Å². The van der Waals surface area contributed by atoms with E-state index in [1.807, 2.05) is 41.8 Å². The molecule has 1 aliphatic rings. The lowest BCUT2D eigenvalue weighted by Crippen LogP contribution is -2.35. The molecular weight excluding hydrogens is 314 g/mol. The maximum absolute atomic E-state index is 12.1. The number of imide groups is 1. The number of nitrogens with zero attached hydrogens (tertiary/aromatic N) is 4. The first-order valence-electron chi connectivity index (χ1n) is 7.30. The van der Waals surface area contributed by atoms with Gasteiger partial charge in [0.25, 0.3) is 0 Å². The Hall–Kier alpha value is -2.35. The average Bonchev–Trinajstić information content (AvgIpc) is 3.13. The molecule has 0 aliphatic carbocycles. The fourth-order valence-corrected chi connectivity index (χ4v) is 3.19. The first-order chi connectivity index (χ1) is 11.1. The van der Waals surface area contributed by atoms with Crippen LogP contribution >= 0.6 is 11.8 Å². The Kier molecular flexibility index (Phi) is 4.61. The zero-order chi connectivity index (χ0) is 16.2. The van der Waals surface area contributed by atoms with Gasteiger partial charge in [0, 0.05) is 13.1 Å². The minimum atomic E-state index is -0.322. The summed E-state index contributed by atoms with van der Waals surface area (Å²) < 4.78 is 1.97. The SMILES string of the molecule is Cc1nnc(SCC(=O)N2CCNC2=O)n1Cc1ccccc1. The number of aryl methyl sites for hydroxylation is 1. The molecule has 0 bridgehead atoms. The molecule has 0 radical (unpaired) electrons. The molecule has 120 valence electrons. The summed E-state index contributed by atoms with van der Waals surface area (Å²) in [5, 5.41) is 11.5. The van der Waals surface area contributed by atoms with Crippen LogP contribution in [-0.2, 0) is 11.3 Å². The first-order valence-corrected chi connectivity index (χ1v) is 8.28. The van der Waals surface area contributed by atoms with Gasteiger partial charge in [0.2, 0.25) is 5.91 Å². The molecule has 2 heterocycles. The topological polar surface area (TPSA) is 80.1 Å². The van der Waals surface area contributed by atoms with Crippen molar-refractivity contribution >= 4 is 23.7 Å². The number of rotatable bonds is 5. The van der Waals surface area contributed by atoms with E-state index in [1.165, 1.54) is 16.7 Å². The zero-order valence-corrected chi connectivity index (χ0v) is 13.5. The molecule has 1 saturated heterocycles. The largest absolute Gasteiger partial charge is 0.336 e. The van der Waals surface area contributed by atoms with E-state index in [2.05, 4.69) is 15.5 Å². The lowest BCUT2D eigenvalue weighted by Gasteiger charge is -2.12. The molecule has 0 atom stereocenters. The summed E-state index contributed by atoms with van der Waals surface area (Å²) in [6.45, 7) is 3.47. The predicted molar refractivity (Wildman–Crippen MR) is 86.1 cm³/mol. The van der Waals surface area contributed by atoms with Crippen LogP contribution in [0.25, 0.3) is 0 Å². The Labute approximate surface area is 138 Å². The van der Waals surface area contributed by atoms with Gasteiger partial charge < -0.3 is 9.88 Å². The van der Waals surface area contributed by atoms with Crippen molar-refractivity contribution < 1.29 is 9.59 Å². The van der Waals surface area contributed by atoms with Gasteiger partial charge in [-0.05, 0) is 12.5 Å². The van der Waals surface area contributed by atoms with E-state index >= 15 is 0 Å². The van der Waals surface area contributed by atoms with E-state index in [0.717, 1.165) is 11.4 Å². The molecule has 1 N–H and O–H groups in total. The third-order valence-electron chi connectivity index (χ3n) is 3.57. The van der Waals surface area contributed by atoms with Crippen LogP contribution in [0.5, 0.6) is 0 Å². The van der Waals surface area contributed by atoms with Crippen molar-refractivity contribution in [2.24, 2.45) is 0 Å². The van der Waals surface area contributed by atoms with Gasteiger partial charge in [-0.15, -0.1) is 10.2 Å². The van der Waals surface area contributed by atoms with E-state index in [0.29, 0.717) is 24.8 Å². The van der Waals surface area contributed by atoms with Crippen molar-refractivity contribution in [3.05, 3.63) is 41.7 Å². The molecule has 3 amide bonds. The zero-order valence-electron chi connectivity index (χ0n) is 12.7. The summed E-state index contributed by atoms with van der Waals surface area (Å²) in [4.78, 5) is 24.8. The summed E-state index contributed by atoms with van der Waals surface area (Å²) in [6.07, 6.45) is 0. The van der Waals surface area contributed by atoms with E-state index in [-0.39, 0.29) is 17.7 Å². The number of amides is 3. The fourth-order valence-electron chi connectivity index (χ4n) is 2.33. The molecule has 0 saturated carbocycles. The average molecular weight is 331 g/mol. The molecule has 3 rings (SSSR count). The highest BCUT2D eigenvalue weighted by Crippen LogP contribution is 2.19. The second-order valence-corrected chi connectivity index (χ2v) is 6.11. The molecule has 1 fully saturated rings. The maximum atomic E-state index is 12.1. The smallest absolute Gasteiger partial charge is 0.324 e. The van der Waals surface area contributed by atoms with Crippen LogP contribution in [0.2, 0.25) is 0 Å². The van der Waals surface area contributed by atoms with Gasteiger partial charge in [-0.1, -0.05) is 42.1 Å². The number of carbonyl (C=O) groups excluding carboxylic acids is 2. The van der Waals surface area contributed by atoms with Gasteiger partial charge >= 0.3 is 6.03 Å². The summed E-state index contributed by atoms with van der Waals surface area (Å²) in [7, 11) is 0. The van der Waals surface area contributed by atoms with E-state index in [9.17, 15) is 9.59 Å². The van der Waals surface area contributed by atoms with E-state index in [4.69, 9.17) is 0 Å². The lowest BCUT2D eigenvalue weighted by molar-refractivity contribution is -0.124. The second-order valence-electron chi connectivity index (χ2n) is 5.17. The van der Waals surface area contributed by atoms with Gasteiger partial charge in [-0.25, -0.2) is 4.79 Å². The molecule has 1 aromatic carbocycles. The van der Waals surface area contributed by atoms with Crippen molar-refractivity contribution in [2.75, 3.05) is 18.8 Å². The minimum Gasteiger partial charge on any atom is -0.336 e. The maximum Gasteiger partial charge on any atom is 0.324 e. The van der Waals surface area contributed by atoms with Crippen LogP contribution in [0, 0.1) is 6.92 Å². The Morgan fingerprint density at radius 3 is 2.78 bits per heavy atom. The monoisotopic (exact) mass is 331 g/mol. The van der Waals surface area contributed by atoms with Crippen LogP contribution in [-0.4, -0.2) is 50.4 Å². The van der Waals surface area contributed by atoms with Crippen molar-refractivity contribution in [3.63, 3.8) is 0 Å². The number of hydrogen-bond acceptors (Lipinski definition) is 5. The molecule has 0 unspecified atom stereocenters. The van der Waals surface area contributed by atoms with Crippen LogP contribution in [0.3, 0.4) is 0 Å². The molecule has 23 heavy (non-hydrogen) atoms. The van der Waals surface area contributed by atoms with Crippen molar-refractivity contribution in [2.45, 2.75) is 18.6 Å². The third kappa shape index (κ3) is 3.53. The van der Waals surface area contributed by atoms with Gasteiger partial charge in [-0.2, -0.15) is 0 Å². The molecule has 8 heteroatoms. The van der Waals surface area contributed by atoms with Gasteiger partial charge in [0.15, 0.2) is 5.16 Å². The van der Waals surface area contributed by atoms with Gasteiger partial charge in [-0.3, -0.25) is 9.69 Å².